The van der Waals surface area contributed by atoms with Gasteiger partial charge in [0.2, 0.25) is 0 Å². The van der Waals surface area contributed by atoms with Crippen LogP contribution in [0, 0.1) is 5.92 Å². The van der Waals surface area contributed by atoms with Gasteiger partial charge in [-0.15, -0.1) is 0 Å². The Morgan fingerprint density at radius 3 is 2.57 bits per heavy atom. The number of carbonyl (C=O) groups is 1. The normalized spacial score (nSPS) is 16.3. The summed E-state index contributed by atoms with van der Waals surface area (Å²) in [5.41, 5.74) is 4.41. The summed E-state index contributed by atoms with van der Waals surface area (Å²) in [5, 5.41) is 5.04. The standard InChI is InChI=1S/C22H21Cl2N3O/c23-17-5-3-6-18(24)21(17)25-22(28)26-11-10-20-16(13-26)15-4-1-2-7-19(15)27(20)12-14-8-9-14/h1-7,14H,8-13H2,(H,25,28). The van der Waals surface area contributed by atoms with Crippen molar-refractivity contribution in [2.75, 3.05) is 11.9 Å². The molecule has 0 radical (unpaired) electrons. The predicted molar refractivity (Wildman–Crippen MR) is 114 cm³/mol. The number of amides is 2. The molecule has 0 unspecified atom stereocenters. The molecule has 2 aliphatic rings. The number of benzene rings is 2. The number of hydrogen-bond donors (Lipinski definition) is 1. The molecule has 1 saturated carbocycles. The number of hydrogen-bond acceptors (Lipinski definition) is 1. The number of carbonyl (C=O) groups excluding carboxylic acids is 1. The summed E-state index contributed by atoms with van der Waals surface area (Å²) >= 11 is 12.4. The average Bonchev–Trinajstić information content (AvgIpc) is 3.47. The van der Waals surface area contributed by atoms with Gasteiger partial charge < -0.3 is 14.8 Å². The van der Waals surface area contributed by atoms with E-state index >= 15 is 0 Å². The second-order valence-corrected chi connectivity index (χ2v) is 8.51. The van der Waals surface area contributed by atoms with Gasteiger partial charge in [0, 0.05) is 48.2 Å². The highest BCUT2D eigenvalue weighted by Crippen LogP contribution is 2.37. The third kappa shape index (κ3) is 3.15. The Morgan fingerprint density at radius 1 is 1.07 bits per heavy atom. The van der Waals surface area contributed by atoms with Gasteiger partial charge in [-0.25, -0.2) is 4.79 Å². The molecule has 144 valence electrons. The Bertz CT molecular complexity index is 1050. The summed E-state index contributed by atoms with van der Waals surface area (Å²) < 4.78 is 2.49. The van der Waals surface area contributed by atoms with E-state index in [1.165, 1.54) is 35.0 Å². The van der Waals surface area contributed by atoms with Crippen LogP contribution in [0.1, 0.15) is 24.1 Å². The molecule has 28 heavy (non-hydrogen) atoms. The lowest BCUT2D eigenvalue weighted by Crippen LogP contribution is -2.39. The number of fused-ring (bicyclic) bond motifs is 3. The van der Waals surface area contributed by atoms with Crippen molar-refractivity contribution in [1.29, 1.82) is 0 Å². The monoisotopic (exact) mass is 413 g/mol. The molecule has 5 rings (SSSR count). The van der Waals surface area contributed by atoms with Gasteiger partial charge in [-0.05, 0) is 37.0 Å². The molecule has 0 saturated heterocycles. The first kappa shape index (κ1) is 17.9. The van der Waals surface area contributed by atoms with E-state index in [1.54, 1.807) is 18.2 Å². The van der Waals surface area contributed by atoms with Gasteiger partial charge in [-0.3, -0.25) is 0 Å². The van der Waals surface area contributed by atoms with Crippen molar-refractivity contribution in [2.45, 2.75) is 32.4 Å². The van der Waals surface area contributed by atoms with Gasteiger partial charge in [0.15, 0.2) is 0 Å². The molecule has 1 N–H and O–H groups in total. The second-order valence-electron chi connectivity index (χ2n) is 7.69. The molecule has 3 aromatic rings. The molecule has 1 fully saturated rings. The molecular weight excluding hydrogens is 393 g/mol. The molecule has 0 atom stereocenters. The summed E-state index contributed by atoms with van der Waals surface area (Å²) in [7, 11) is 0. The fourth-order valence-electron chi connectivity index (χ4n) is 4.14. The van der Waals surface area contributed by atoms with Gasteiger partial charge in [0.25, 0.3) is 0 Å². The largest absolute Gasteiger partial charge is 0.344 e. The van der Waals surface area contributed by atoms with E-state index in [1.807, 2.05) is 4.90 Å². The molecule has 0 spiro atoms. The van der Waals surface area contributed by atoms with Crippen molar-refractivity contribution in [3.63, 3.8) is 0 Å². The zero-order valence-electron chi connectivity index (χ0n) is 15.4. The fourth-order valence-corrected chi connectivity index (χ4v) is 4.64. The number of urea groups is 1. The zero-order valence-corrected chi connectivity index (χ0v) is 16.9. The molecule has 1 aliphatic heterocycles. The van der Waals surface area contributed by atoms with Crippen LogP contribution in [0.25, 0.3) is 10.9 Å². The van der Waals surface area contributed by atoms with Crippen molar-refractivity contribution in [1.82, 2.24) is 9.47 Å². The van der Waals surface area contributed by atoms with Crippen LogP contribution in [0.2, 0.25) is 10.0 Å². The van der Waals surface area contributed by atoms with Crippen LogP contribution in [0.4, 0.5) is 10.5 Å². The van der Waals surface area contributed by atoms with Crippen LogP contribution >= 0.6 is 23.2 Å². The number of anilines is 1. The lowest BCUT2D eigenvalue weighted by Gasteiger charge is -2.29. The summed E-state index contributed by atoms with van der Waals surface area (Å²) in [6.07, 6.45) is 3.52. The smallest absolute Gasteiger partial charge is 0.322 e. The van der Waals surface area contributed by atoms with E-state index in [9.17, 15) is 4.79 Å². The molecule has 1 aromatic heterocycles. The van der Waals surface area contributed by atoms with Crippen LogP contribution in [-0.2, 0) is 19.5 Å². The van der Waals surface area contributed by atoms with Crippen molar-refractivity contribution in [3.8, 4) is 0 Å². The Kier molecular flexibility index (Phi) is 4.48. The highest BCUT2D eigenvalue weighted by Gasteiger charge is 2.30. The van der Waals surface area contributed by atoms with E-state index in [-0.39, 0.29) is 6.03 Å². The number of nitrogens with one attached hydrogen (secondary N) is 1. The van der Waals surface area contributed by atoms with Crippen LogP contribution in [0.5, 0.6) is 0 Å². The Hall–Kier alpha value is -2.17. The van der Waals surface area contributed by atoms with E-state index in [0.717, 1.165) is 18.9 Å². The number of rotatable bonds is 3. The SMILES string of the molecule is O=C(Nc1c(Cl)cccc1Cl)N1CCc2c(c3ccccc3n2CC2CC2)C1. The minimum atomic E-state index is -0.167. The van der Waals surface area contributed by atoms with Gasteiger partial charge in [0.1, 0.15) is 0 Å². The molecule has 2 amide bonds. The number of aromatic nitrogens is 1. The van der Waals surface area contributed by atoms with Crippen molar-refractivity contribution < 1.29 is 4.79 Å². The molecule has 6 heteroatoms. The van der Waals surface area contributed by atoms with Gasteiger partial charge in [0.05, 0.1) is 15.7 Å². The Morgan fingerprint density at radius 2 is 1.82 bits per heavy atom. The summed E-state index contributed by atoms with van der Waals surface area (Å²) in [5.74, 6) is 0.809. The van der Waals surface area contributed by atoms with Crippen LogP contribution < -0.4 is 5.32 Å². The summed E-state index contributed by atoms with van der Waals surface area (Å²) in [6.45, 7) is 2.38. The molecule has 1 aliphatic carbocycles. The lowest BCUT2D eigenvalue weighted by atomic mass is 10.0. The van der Waals surface area contributed by atoms with Gasteiger partial charge >= 0.3 is 6.03 Å². The maximum atomic E-state index is 12.9. The maximum absolute atomic E-state index is 12.9. The highest BCUT2D eigenvalue weighted by molar-refractivity contribution is 6.39. The zero-order chi connectivity index (χ0) is 19.3. The van der Waals surface area contributed by atoms with Crippen molar-refractivity contribution in [2.24, 2.45) is 5.92 Å². The predicted octanol–water partition coefficient (Wildman–Crippen LogP) is 5.95. The van der Waals surface area contributed by atoms with Crippen LogP contribution in [0.3, 0.4) is 0 Å². The minimum absolute atomic E-state index is 0.167. The average molecular weight is 414 g/mol. The number of halogens is 2. The molecule has 0 bridgehead atoms. The highest BCUT2D eigenvalue weighted by atomic mass is 35.5. The summed E-state index contributed by atoms with van der Waals surface area (Å²) in [6, 6.07) is 13.6. The summed E-state index contributed by atoms with van der Waals surface area (Å²) in [4.78, 5) is 14.7. The number of nitrogens with zero attached hydrogens (tertiary/aromatic N) is 2. The lowest BCUT2D eigenvalue weighted by molar-refractivity contribution is 0.206. The maximum Gasteiger partial charge on any atom is 0.322 e. The molecular formula is C22H21Cl2N3O. The molecule has 4 nitrogen and oxygen atoms in total. The second kappa shape index (κ2) is 7.02. The fraction of sp³-hybridized carbons (Fsp3) is 0.318. The van der Waals surface area contributed by atoms with E-state index in [0.29, 0.717) is 28.8 Å². The Labute approximate surface area is 174 Å². The van der Waals surface area contributed by atoms with E-state index < -0.39 is 0 Å². The number of para-hydroxylation sites is 2. The first-order valence-corrected chi connectivity index (χ1v) is 10.5. The van der Waals surface area contributed by atoms with Gasteiger partial charge in [-0.2, -0.15) is 0 Å². The third-order valence-corrected chi connectivity index (χ3v) is 6.41. The van der Waals surface area contributed by atoms with Crippen molar-refractivity contribution in [3.05, 3.63) is 63.8 Å². The topological polar surface area (TPSA) is 37.3 Å². The van der Waals surface area contributed by atoms with Crippen LogP contribution in [-0.4, -0.2) is 22.0 Å². The molecule has 2 aromatic carbocycles. The first-order valence-electron chi connectivity index (χ1n) is 9.70. The van der Waals surface area contributed by atoms with Crippen molar-refractivity contribution >= 4 is 45.8 Å². The Balaban J connectivity index is 1.44. The molecule has 2 heterocycles. The third-order valence-electron chi connectivity index (χ3n) is 5.78. The quantitative estimate of drug-likeness (QED) is 0.565. The van der Waals surface area contributed by atoms with E-state index in [4.69, 9.17) is 23.2 Å². The van der Waals surface area contributed by atoms with E-state index in [2.05, 4.69) is 34.1 Å². The first-order chi connectivity index (χ1) is 13.6. The van der Waals surface area contributed by atoms with Crippen LogP contribution in [0.15, 0.2) is 42.5 Å². The van der Waals surface area contributed by atoms with Gasteiger partial charge in [-0.1, -0.05) is 47.5 Å². The minimum Gasteiger partial charge on any atom is -0.344 e.